The van der Waals surface area contributed by atoms with E-state index in [1.165, 1.54) is 6.07 Å². The fourth-order valence-corrected chi connectivity index (χ4v) is 2.43. The van der Waals surface area contributed by atoms with Gasteiger partial charge in [0.2, 0.25) is 0 Å². The van der Waals surface area contributed by atoms with Gasteiger partial charge >= 0.3 is 0 Å². The molecular formula is C13H18N4O4. The van der Waals surface area contributed by atoms with E-state index in [0.29, 0.717) is 18.9 Å². The third-order valence-electron chi connectivity index (χ3n) is 3.26. The first-order valence-corrected chi connectivity index (χ1v) is 6.69. The van der Waals surface area contributed by atoms with Gasteiger partial charge in [-0.05, 0) is 13.8 Å². The molecule has 8 nitrogen and oxygen atoms in total. The summed E-state index contributed by atoms with van der Waals surface area (Å²) >= 11 is 0. The van der Waals surface area contributed by atoms with Crippen LogP contribution in [0.3, 0.4) is 0 Å². The van der Waals surface area contributed by atoms with E-state index in [9.17, 15) is 14.9 Å². The Bertz CT molecular complexity index is 553. The van der Waals surface area contributed by atoms with E-state index in [2.05, 4.69) is 10.3 Å². The summed E-state index contributed by atoms with van der Waals surface area (Å²) < 4.78 is 5.59. The van der Waals surface area contributed by atoms with E-state index >= 15 is 0 Å². The molecule has 0 bridgehead atoms. The maximum atomic E-state index is 12.6. The number of hydrogen-bond donors (Lipinski definition) is 1. The van der Waals surface area contributed by atoms with Crippen LogP contribution in [0.15, 0.2) is 12.3 Å². The number of amides is 1. The normalized spacial score (nSPS) is 22.0. The molecule has 2 rings (SSSR count). The Hall–Kier alpha value is -2.22. The molecule has 1 aromatic rings. The monoisotopic (exact) mass is 294 g/mol. The Labute approximate surface area is 122 Å². The maximum absolute atomic E-state index is 12.6. The largest absolute Gasteiger partial charge is 0.372 e. The predicted molar refractivity (Wildman–Crippen MR) is 76.4 cm³/mol. The van der Waals surface area contributed by atoms with Crippen molar-refractivity contribution in [2.75, 3.05) is 25.5 Å². The molecule has 114 valence electrons. The summed E-state index contributed by atoms with van der Waals surface area (Å²) in [4.78, 5) is 28.5. The fourth-order valence-electron chi connectivity index (χ4n) is 2.43. The van der Waals surface area contributed by atoms with Crippen LogP contribution < -0.4 is 5.32 Å². The molecule has 21 heavy (non-hydrogen) atoms. The van der Waals surface area contributed by atoms with Gasteiger partial charge in [-0.1, -0.05) is 0 Å². The number of carbonyl (C=O) groups is 1. The highest BCUT2D eigenvalue weighted by molar-refractivity contribution is 5.99. The van der Waals surface area contributed by atoms with E-state index in [-0.39, 0.29) is 29.4 Å². The molecule has 1 amide bonds. The Balaban J connectivity index is 2.32. The fraction of sp³-hybridized carbons (Fsp3) is 0.538. The van der Waals surface area contributed by atoms with Crippen molar-refractivity contribution in [2.45, 2.75) is 26.1 Å². The summed E-state index contributed by atoms with van der Waals surface area (Å²) in [6.07, 6.45) is 0.998. The van der Waals surface area contributed by atoms with Gasteiger partial charge in [-0.25, -0.2) is 4.98 Å². The smallest absolute Gasteiger partial charge is 0.288 e. The van der Waals surface area contributed by atoms with Crippen LogP contribution in [0.25, 0.3) is 0 Å². The molecule has 0 spiro atoms. The minimum atomic E-state index is -0.562. The van der Waals surface area contributed by atoms with Crippen molar-refractivity contribution in [3.63, 3.8) is 0 Å². The number of hydrogen-bond acceptors (Lipinski definition) is 6. The number of nitrogens with one attached hydrogen (secondary N) is 1. The zero-order chi connectivity index (χ0) is 15.6. The summed E-state index contributed by atoms with van der Waals surface area (Å²) in [5.41, 5.74) is -0.000272. The van der Waals surface area contributed by atoms with Crippen molar-refractivity contribution < 1.29 is 14.5 Å². The highest BCUT2D eigenvalue weighted by Crippen LogP contribution is 2.22. The van der Waals surface area contributed by atoms with Crippen LogP contribution in [0.2, 0.25) is 0 Å². The number of carbonyl (C=O) groups excluding carboxylic acids is 1. The molecule has 0 aliphatic carbocycles. The van der Waals surface area contributed by atoms with Crippen LogP contribution in [-0.4, -0.2) is 53.1 Å². The van der Waals surface area contributed by atoms with Crippen molar-refractivity contribution in [2.24, 2.45) is 0 Å². The molecule has 0 radical (unpaired) electrons. The number of ether oxygens (including phenoxy) is 1. The first-order valence-electron chi connectivity index (χ1n) is 6.69. The Kier molecular flexibility index (Phi) is 4.37. The van der Waals surface area contributed by atoms with E-state index in [4.69, 9.17) is 4.74 Å². The number of morpholine rings is 1. The van der Waals surface area contributed by atoms with Crippen LogP contribution in [0.5, 0.6) is 0 Å². The van der Waals surface area contributed by atoms with Crippen molar-refractivity contribution in [1.82, 2.24) is 9.88 Å². The van der Waals surface area contributed by atoms with Crippen molar-refractivity contribution in [1.29, 1.82) is 0 Å². The third-order valence-corrected chi connectivity index (χ3v) is 3.26. The topological polar surface area (TPSA) is 97.6 Å². The summed E-state index contributed by atoms with van der Waals surface area (Å²) in [5, 5.41) is 13.6. The standard InChI is InChI=1S/C13H18N4O4/c1-8-6-16(7-9(2)21-8)13(18)11-4-10(17(19)20)5-15-12(11)14-3/h4-5,8-9H,6-7H2,1-3H3,(H,14,15)/t8-,9+. The molecule has 8 heteroatoms. The maximum Gasteiger partial charge on any atom is 0.288 e. The molecule has 1 aromatic heterocycles. The first-order chi connectivity index (χ1) is 9.92. The van der Waals surface area contributed by atoms with E-state index < -0.39 is 4.92 Å². The second kappa shape index (κ2) is 6.04. The van der Waals surface area contributed by atoms with Gasteiger partial charge < -0.3 is 15.0 Å². The molecule has 0 unspecified atom stereocenters. The lowest BCUT2D eigenvalue weighted by molar-refractivity contribution is -0.385. The highest BCUT2D eigenvalue weighted by Gasteiger charge is 2.29. The number of aromatic nitrogens is 1. The molecule has 0 aromatic carbocycles. The van der Waals surface area contributed by atoms with Crippen LogP contribution in [0, 0.1) is 10.1 Å². The number of pyridine rings is 1. The van der Waals surface area contributed by atoms with Gasteiger partial charge in [0.25, 0.3) is 11.6 Å². The Morgan fingerprint density at radius 2 is 2.10 bits per heavy atom. The molecule has 1 aliphatic heterocycles. The molecular weight excluding hydrogens is 276 g/mol. The average Bonchev–Trinajstić information content (AvgIpc) is 2.44. The van der Waals surface area contributed by atoms with Gasteiger partial charge in [0.1, 0.15) is 12.0 Å². The summed E-state index contributed by atoms with van der Waals surface area (Å²) in [6, 6.07) is 1.26. The van der Waals surface area contributed by atoms with E-state index in [0.717, 1.165) is 6.20 Å². The van der Waals surface area contributed by atoms with Crippen molar-refractivity contribution >= 4 is 17.4 Å². The Morgan fingerprint density at radius 3 is 2.62 bits per heavy atom. The second-order valence-electron chi connectivity index (χ2n) is 5.06. The molecule has 1 fully saturated rings. The van der Waals surface area contributed by atoms with Crippen LogP contribution in [0.1, 0.15) is 24.2 Å². The minimum absolute atomic E-state index is 0.0672. The van der Waals surface area contributed by atoms with Crippen LogP contribution in [0.4, 0.5) is 11.5 Å². The minimum Gasteiger partial charge on any atom is -0.372 e. The second-order valence-corrected chi connectivity index (χ2v) is 5.06. The number of nitrogens with zero attached hydrogens (tertiary/aromatic N) is 3. The molecule has 2 heterocycles. The quantitative estimate of drug-likeness (QED) is 0.666. The Morgan fingerprint density at radius 1 is 1.48 bits per heavy atom. The number of anilines is 1. The zero-order valence-corrected chi connectivity index (χ0v) is 12.2. The van der Waals surface area contributed by atoms with Crippen molar-refractivity contribution in [3.8, 4) is 0 Å². The number of rotatable bonds is 3. The molecule has 1 saturated heterocycles. The van der Waals surface area contributed by atoms with Gasteiger partial charge in [0.15, 0.2) is 0 Å². The van der Waals surface area contributed by atoms with Gasteiger partial charge in [0.05, 0.1) is 22.7 Å². The van der Waals surface area contributed by atoms with Crippen LogP contribution >= 0.6 is 0 Å². The lowest BCUT2D eigenvalue weighted by Gasteiger charge is -2.35. The summed E-state index contributed by atoms with van der Waals surface area (Å²) in [5.74, 6) is 0.0509. The van der Waals surface area contributed by atoms with Gasteiger partial charge in [0, 0.05) is 26.2 Å². The number of nitro groups is 1. The molecule has 1 N–H and O–H groups in total. The van der Waals surface area contributed by atoms with E-state index in [1.807, 2.05) is 13.8 Å². The predicted octanol–water partition coefficient (Wildman–Crippen LogP) is 1.28. The van der Waals surface area contributed by atoms with Gasteiger partial charge in [-0.3, -0.25) is 14.9 Å². The molecule has 2 atom stereocenters. The first kappa shape index (κ1) is 15.2. The molecule has 1 aliphatic rings. The SMILES string of the molecule is CNc1ncc([N+](=O)[O-])cc1C(=O)N1C[C@@H](C)O[C@@H](C)C1. The van der Waals surface area contributed by atoms with Gasteiger partial charge in [-0.2, -0.15) is 0 Å². The summed E-state index contributed by atoms with van der Waals surface area (Å²) in [6.45, 7) is 4.69. The molecule has 0 saturated carbocycles. The summed E-state index contributed by atoms with van der Waals surface area (Å²) in [7, 11) is 1.62. The highest BCUT2D eigenvalue weighted by atomic mass is 16.6. The lowest BCUT2D eigenvalue weighted by atomic mass is 10.1. The zero-order valence-electron chi connectivity index (χ0n) is 12.2. The lowest BCUT2D eigenvalue weighted by Crippen LogP contribution is -2.48. The van der Waals surface area contributed by atoms with E-state index in [1.54, 1.807) is 11.9 Å². The third kappa shape index (κ3) is 3.27. The van der Waals surface area contributed by atoms with Gasteiger partial charge in [-0.15, -0.1) is 0 Å². The van der Waals surface area contributed by atoms with Crippen molar-refractivity contribution in [3.05, 3.63) is 27.9 Å². The average molecular weight is 294 g/mol. The van der Waals surface area contributed by atoms with Crippen LogP contribution in [-0.2, 0) is 4.74 Å².